The van der Waals surface area contributed by atoms with Crippen LogP contribution in [0.2, 0.25) is 0 Å². The maximum atomic E-state index is 12.6. The Labute approximate surface area is 88.0 Å². The number of halogens is 1. The molecule has 0 saturated carbocycles. The van der Waals surface area contributed by atoms with Gasteiger partial charge in [-0.15, -0.1) is 0 Å². The summed E-state index contributed by atoms with van der Waals surface area (Å²) in [6.07, 6.45) is 0.739. The summed E-state index contributed by atoms with van der Waals surface area (Å²) in [5.74, 6) is 0.386. The molecule has 4 heteroatoms. The van der Waals surface area contributed by atoms with E-state index in [1.807, 2.05) is 0 Å². The van der Waals surface area contributed by atoms with Crippen LogP contribution >= 0.6 is 0 Å². The van der Waals surface area contributed by atoms with E-state index in [4.69, 9.17) is 15.2 Å². The van der Waals surface area contributed by atoms with Crippen molar-refractivity contribution in [3.8, 4) is 5.75 Å². The van der Waals surface area contributed by atoms with Crippen molar-refractivity contribution < 1.29 is 13.9 Å². The fourth-order valence-electron chi connectivity index (χ4n) is 1.57. The van der Waals surface area contributed by atoms with E-state index < -0.39 is 0 Å². The summed E-state index contributed by atoms with van der Waals surface area (Å²) >= 11 is 0. The largest absolute Gasteiger partial charge is 0.489 e. The number of hydrogen-bond acceptors (Lipinski definition) is 3. The molecule has 82 valence electrons. The Balaban J connectivity index is 1.98. The highest BCUT2D eigenvalue weighted by Gasteiger charge is 2.23. The van der Waals surface area contributed by atoms with Gasteiger partial charge in [0.1, 0.15) is 17.7 Å². The Morgan fingerprint density at radius 3 is 2.73 bits per heavy atom. The van der Waals surface area contributed by atoms with E-state index >= 15 is 0 Å². The van der Waals surface area contributed by atoms with E-state index in [0.29, 0.717) is 19.0 Å². The van der Waals surface area contributed by atoms with E-state index in [0.717, 1.165) is 6.42 Å². The number of nitrogens with two attached hydrogens (primary N) is 1. The van der Waals surface area contributed by atoms with Crippen LogP contribution in [-0.2, 0) is 4.74 Å². The minimum atomic E-state index is -0.265. The average molecular weight is 211 g/mol. The predicted molar refractivity (Wildman–Crippen MR) is 54.2 cm³/mol. The van der Waals surface area contributed by atoms with Gasteiger partial charge in [-0.05, 0) is 24.3 Å². The third-order valence-corrected chi connectivity index (χ3v) is 2.44. The highest BCUT2D eigenvalue weighted by Crippen LogP contribution is 2.17. The molecule has 0 aliphatic carbocycles. The number of benzene rings is 1. The van der Waals surface area contributed by atoms with E-state index in [-0.39, 0.29) is 18.0 Å². The third-order valence-electron chi connectivity index (χ3n) is 2.44. The molecular weight excluding hydrogens is 197 g/mol. The first-order valence-corrected chi connectivity index (χ1v) is 5.01. The molecule has 1 aliphatic heterocycles. The molecule has 2 rings (SSSR count). The summed E-state index contributed by atoms with van der Waals surface area (Å²) in [5, 5.41) is 0. The van der Waals surface area contributed by atoms with Crippen molar-refractivity contribution in [3.05, 3.63) is 30.1 Å². The molecule has 0 aromatic heterocycles. The molecule has 1 aromatic carbocycles. The second-order valence-electron chi connectivity index (χ2n) is 3.64. The van der Waals surface area contributed by atoms with Gasteiger partial charge in [-0.3, -0.25) is 0 Å². The molecule has 2 N–H and O–H groups in total. The quantitative estimate of drug-likeness (QED) is 0.802. The molecule has 1 aliphatic rings. The van der Waals surface area contributed by atoms with Crippen molar-refractivity contribution in [3.63, 3.8) is 0 Å². The Kier molecular flexibility index (Phi) is 3.18. The van der Waals surface area contributed by atoms with Crippen LogP contribution in [0.25, 0.3) is 0 Å². The molecule has 0 radical (unpaired) electrons. The normalized spacial score (nSPS) is 26.3. The molecule has 0 unspecified atom stereocenters. The summed E-state index contributed by atoms with van der Waals surface area (Å²) in [4.78, 5) is 0. The van der Waals surface area contributed by atoms with Gasteiger partial charge < -0.3 is 15.2 Å². The summed E-state index contributed by atoms with van der Waals surface area (Å²) in [7, 11) is 0. The van der Waals surface area contributed by atoms with Crippen LogP contribution in [0.4, 0.5) is 4.39 Å². The molecule has 1 heterocycles. The first-order chi connectivity index (χ1) is 7.25. The smallest absolute Gasteiger partial charge is 0.123 e. The van der Waals surface area contributed by atoms with Gasteiger partial charge in [-0.25, -0.2) is 4.39 Å². The number of rotatable bonds is 2. The molecule has 0 spiro atoms. The van der Waals surface area contributed by atoms with Crippen molar-refractivity contribution in [2.45, 2.75) is 18.6 Å². The monoisotopic (exact) mass is 211 g/mol. The zero-order valence-electron chi connectivity index (χ0n) is 8.36. The minimum Gasteiger partial charge on any atom is -0.489 e. The fourth-order valence-corrected chi connectivity index (χ4v) is 1.57. The summed E-state index contributed by atoms with van der Waals surface area (Å²) in [6, 6.07) is 5.86. The first-order valence-electron chi connectivity index (χ1n) is 5.01. The zero-order valence-corrected chi connectivity index (χ0v) is 8.36. The molecule has 3 nitrogen and oxygen atoms in total. The van der Waals surface area contributed by atoms with Gasteiger partial charge in [0.05, 0.1) is 19.3 Å². The van der Waals surface area contributed by atoms with Crippen LogP contribution in [0, 0.1) is 5.82 Å². The van der Waals surface area contributed by atoms with E-state index in [1.54, 1.807) is 12.1 Å². The van der Waals surface area contributed by atoms with Crippen LogP contribution in [-0.4, -0.2) is 25.4 Å². The maximum Gasteiger partial charge on any atom is 0.123 e. The average Bonchev–Trinajstić information content (AvgIpc) is 2.25. The predicted octanol–water partition coefficient (Wildman–Crippen LogP) is 1.32. The van der Waals surface area contributed by atoms with E-state index in [1.165, 1.54) is 12.1 Å². The second kappa shape index (κ2) is 4.59. The van der Waals surface area contributed by atoms with Gasteiger partial charge in [0.15, 0.2) is 0 Å². The van der Waals surface area contributed by atoms with Crippen LogP contribution in [0.1, 0.15) is 6.42 Å². The second-order valence-corrected chi connectivity index (χ2v) is 3.64. The molecule has 1 saturated heterocycles. The van der Waals surface area contributed by atoms with E-state index in [9.17, 15) is 4.39 Å². The van der Waals surface area contributed by atoms with Crippen LogP contribution < -0.4 is 10.5 Å². The SMILES string of the molecule is N[C@@H]1COCC[C@H]1Oc1ccc(F)cc1. The highest BCUT2D eigenvalue weighted by atomic mass is 19.1. The van der Waals surface area contributed by atoms with Gasteiger partial charge in [0, 0.05) is 6.42 Å². The Bertz CT molecular complexity index is 315. The Hall–Kier alpha value is -1.13. The lowest BCUT2D eigenvalue weighted by molar-refractivity contribution is 0.00843. The standard InChI is InChI=1S/C11H14FNO2/c12-8-1-3-9(4-2-8)15-11-5-6-14-7-10(11)13/h1-4,10-11H,5-7,13H2/t10-,11-/m1/s1. The molecule has 1 fully saturated rings. The number of ether oxygens (including phenoxy) is 2. The molecule has 0 bridgehead atoms. The van der Waals surface area contributed by atoms with Crippen molar-refractivity contribution in [2.24, 2.45) is 5.73 Å². The zero-order chi connectivity index (χ0) is 10.7. The van der Waals surface area contributed by atoms with Gasteiger partial charge in [0.2, 0.25) is 0 Å². The fraction of sp³-hybridized carbons (Fsp3) is 0.455. The van der Waals surface area contributed by atoms with Crippen molar-refractivity contribution in [2.75, 3.05) is 13.2 Å². The molecule has 2 atom stereocenters. The lowest BCUT2D eigenvalue weighted by Gasteiger charge is -2.29. The lowest BCUT2D eigenvalue weighted by atomic mass is 10.1. The lowest BCUT2D eigenvalue weighted by Crippen LogP contribution is -2.46. The van der Waals surface area contributed by atoms with E-state index in [2.05, 4.69) is 0 Å². The Morgan fingerprint density at radius 2 is 2.07 bits per heavy atom. The van der Waals surface area contributed by atoms with Crippen molar-refractivity contribution in [1.82, 2.24) is 0 Å². The Morgan fingerprint density at radius 1 is 1.33 bits per heavy atom. The van der Waals surface area contributed by atoms with Gasteiger partial charge in [-0.1, -0.05) is 0 Å². The van der Waals surface area contributed by atoms with Crippen molar-refractivity contribution in [1.29, 1.82) is 0 Å². The van der Waals surface area contributed by atoms with Crippen LogP contribution in [0.3, 0.4) is 0 Å². The van der Waals surface area contributed by atoms with Gasteiger partial charge in [0.25, 0.3) is 0 Å². The highest BCUT2D eigenvalue weighted by molar-refractivity contribution is 5.22. The van der Waals surface area contributed by atoms with Gasteiger partial charge >= 0.3 is 0 Å². The summed E-state index contributed by atoms with van der Waals surface area (Å²) in [5.41, 5.74) is 5.83. The molecule has 0 amide bonds. The topological polar surface area (TPSA) is 44.5 Å². The summed E-state index contributed by atoms with van der Waals surface area (Å²) in [6.45, 7) is 1.19. The van der Waals surface area contributed by atoms with Crippen LogP contribution in [0.15, 0.2) is 24.3 Å². The maximum absolute atomic E-state index is 12.6. The molecule has 15 heavy (non-hydrogen) atoms. The first kappa shape index (κ1) is 10.4. The van der Waals surface area contributed by atoms with Crippen LogP contribution in [0.5, 0.6) is 5.75 Å². The summed E-state index contributed by atoms with van der Waals surface area (Å²) < 4.78 is 23.5. The van der Waals surface area contributed by atoms with Crippen molar-refractivity contribution >= 4 is 0 Å². The van der Waals surface area contributed by atoms with Gasteiger partial charge in [-0.2, -0.15) is 0 Å². The molecule has 1 aromatic rings. The third kappa shape index (κ3) is 2.67. The number of hydrogen-bond donors (Lipinski definition) is 1. The minimum absolute atomic E-state index is 0.0378. The molecular formula is C11H14FNO2.